The van der Waals surface area contributed by atoms with E-state index in [2.05, 4.69) is 28.7 Å². The van der Waals surface area contributed by atoms with Crippen LogP contribution in [-0.2, 0) is 4.79 Å². The van der Waals surface area contributed by atoms with Gasteiger partial charge >= 0.3 is 0 Å². The molecule has 0 aromatic rings. The summed E-state index contributed by atoms with van der Waals surface area (Å²) >= 11 is 0. The molecular weight excluding hydrogens is 286 g/mol. The van der Waals surface area contributed by atoms with E-state index in [1.54, 1.807) is 0 Å². The van der Waals surface area contributed by atoms with Gasteiger partial charge in [0.1, 0.15) is 0 Å². The van der Waals surface area contributed by atoms with Crippen LogP contribution in [0.1, 0.15) is 51.9 Å². The summed E-state index contributed by atoms with van der Waals surface area (Å²) in [6, 6.07) is 0.677. The number of rotatable bonds is 3. The molecule has 1 atom stereocenters. The van der Waals surface area contributed by atoms with E-state index in [4.69, 9.17) is 0 Å². The van der Waals surface area contributed by atoms with Gasteiger partial charge in [-0.05, 0) is 45.6 Å². The number of piperazine rings is 1. The molecule has 0 N–H and O–H groups in total. The van der Waals surface area contributed by atoms with E-state index >= 15 is 0 Å². The van der Waals surface area contributed by atoms with Gasteiger partial charge in [-0.15, -0.1) is 0 Å². The zero-order valence-corrected chi connectivity index (χ0v) is 15.2. The normalized spacial score (nSPS) is 29.8. The molecule has 3 rings (SSSR count). The first-order chi connectivity index (χ1) is 11.1. The van der Waals surface area contributed by atoms with E-state index < -0.39 is 0 Å². The molecule has 3 fully saturated rings. The molecular formula is C19H35N3O. The number of piperidine rings is 1. The topological polar surface area (TPSA) is 26.8 Å². The van der Waals surface area contributed by atoms with Crippen LogP contribution in [0.4, 0.5) is 0 Å². The molecule has 0 aromatic carbocycles. The molecule has 0 bridgehead atoms. The maximum absolute atomic E-state index is 12.6. The minimum absolute atomic E-state index is 0.345. The lowest BCUT2D eigenvalue weighted by Crippen LogP contribution is -2.52. The lowest BCUT2D eigenvalue weighted by atomic mass is 9.87. The SMILES string of the molecule is CC1CN(C)CCN1CC1CCN(C(=O)C2CCCCC2)CC1. The molecule has 4 nitrogen and oxygen atoms in total. The van der Waals surface area contributed by atoms with Crippen LogP contribution in [0.3, 0.4) is 0 Å². The Hall–Kier alpha value is -0.610. The third kappa shape index (κ3) is 4.48. The summed E-state index contributed by atoms with van der Waals surface area (Å²) < 4.78 is 0. The second-order valence-corrected chi connectivity index (χ2v) is 8.21. The number of likely N-dealkylation sites (N-methyl/N-ethyl adjacent to an activating group) is 1. The van der Waals surface area contributed by atoms with Crippen molar-refractivity contribution in [1.29, 1.82) is 0 Å². The highest BCUT2D eigenvalue weighted by atomic mass is 16.2. The van der Waals surface area contributed by atoms with Gasteiger partial charge in [-0.25, -0.2) is 0 Å². The van der Waals surface area contributed by atoms with Crippen molar-refractivity contribution in [3.63, 3.8) is 0 Å². The summed E-state index contributed by atoms with van der Waals surface area (Å²) in [5, 5.41) is 0. The smallest absolute Gasteiger partial charge is 0.225 e. The van der Waals surface area contributed by atoms with E-state index in [9.17, 15) is 4.79 Å². The maximum Gasteiger partial charge on any atom is 0.225 e. The first-order valence-corrected chi connectivity index (χ1v) is 9.85. The van der Waals surface area contributed by atoms with Gasteiger partial charge in [-0.1, -0.05) is 19.3 Å². The summed E-state index contributed by atoms with van der Waals surface area (Å²) in [7, 11) is 2.23. The lowest BCUT2D eigenvalue weighted by Gasteiger charge is -2.42. The van der Waals surface area contributed by atoms with Crippen molar-refractivity contribution in [2.45, 2.75) is 57.9 Å². The van der Waals surface area contributed by atoms with Crippen molar-refractivity contribution in [2.75, 3.05) is 46.3 Å². The summed E-state index contributed by atoms with van der Waals surface area (Å²) in [6.45, 7) is 9.20. The number of hydrogen-bond acceptors (Lipinski definition) is 3. The number of likely N-dealkylation sites (tertiary alicyclic amines) is 1. The van der Waals surface area contributed by atoms with Crippen LogP contribution in [0.25, 0.3) is 0 Å². The highest BCUT2D eigenvalue weighted by molar-refractivity contribution is 5.79. The number of hydrogen-bond donors (Lipinski definition) is 0. The molecule has 2 heterocycles. The molecule has 0 radical (unpaired) electrons. The number of carbonyl (C=O) groups excluding carboxylic acids is 1. The van der Waals surface area contributed by atoms with Crippen LogP contribution in [0.2, 0.25) is 0 Å². The summed E-state index contributed by atoms with van der Waals surface area (Å²) in [5.41, 5.74) is 0. The van der Waals surface area contributed by atoms with Gasteiger partial charge in [0.05, 0.1) is 0 Å². The molecule has 2 aliphatic heterocycles. The zero-order chi connectivity index (χ0) is 16.2. The molecule has 23 heavy (non-hydrogen) atoms. The second-order valence-electron chi connectivity index (χ2n) is 8.21. The van der Waals surface area contributed by atoms with Crippen LogP contribution in [0.5, 0.6) is 0 Å². The van der Waals surface area contributed by atoms with Crippen molar-refractivity contribution in [3.8, 4) is 0 Å². The zero-order valence-electron chi connectivity index (χ0n) is 15.2. The first-order valence-electron chi connectivity index (χ1n) is 9.85. The fourth-order valence-electron chi connectivity index (χ4n) is 4.72. The molecule has 132 valence electrons. The van der Waals surface area contributed by atoms with Gasteiger partial charge in [0.2, 0.25) is 5.91 Å². The summed E-state index contributed by atoms with van der Waals surface area (Å²) in [5.74, 6) is 1.60. The lowest BCUT2D eigenvalue weighted by molar-refractivity contribution is -0.138. The molecule has 0 aromatic heterocycles. The van der Waals surface area contributed by atoms with Crippen molar-refractivity contribution < 1.29 is 4.79 Å². The number of carbonyl (C=O) groups is 1. The van der Waals surface area contributed by atoms with Gasteiger partial charge < -0.3 is 9.80 Å². The van der Waals surface area contributed by atoms with E-state index in [0.29, 0.717) is 17.9 Å². The van der Waals surface area contributed by atoms with Gasteiger partial charge in [0.25, 0.3) is 0 Å². The van der Waals surface area contributed by atoms with Crippen LogP contribution in [-0.4, -0.2) is 73.0 Å². The van der Waals surface area contributed by atoms with Crippen LogP contribution in [0, 0.1) is 11.8 Å². The van der Waals surface area contributed by atoms with Crippen LogP contribution < -0.4 is 0 Å². The Morgan fingerprint density at radius 3 is 2.30 bits per heavy atom. The van der Waals surface area contributed by atoms with Crippen molar-refractivity contribution >= 4 is 5.91 Å². The molecule has 3 aliphatic rings. The third-order valence-electron chi connectivity index (χ3n) is 6.34. The Kier molecular flexibility index (Phi) is 5.97. The van der Waals surface area contributed by atoms with Crippen molar-refractivity contribution in [3.05, 3.63) is 0 Å². The Bertz CT molecular complexity index is 386. The summed E-state index contributed by atoms with van der Waals surface area (Å²) in [6.07, 6.45) is 8.53. The van der Waals surface area contributed by atoms with Crippen molar-refractivity contribution in [2.24, 2.45) is 11.8 Å². The monoisotopic (exact) mass is 321 g/mol. The van der Waals surface area contributed by atoms with Crippen LogP contribution in [0.15, 0.2) is 0 Å². The van der Waals surface area contributed by atoms with E-state index in [1.165, 1.54) is 58.3 Å². The molecule has 4 heteroatoms. The number of nitrogens with zero attached hydrogens (tertiary/aromatic N) is 3. The fourth-order valence-corrected chi connectivity index (χ4v) is 4.72. The van der Waals surface area contributed by atoms with E-state index in [-0.39, 0.29) is 0 Å². The third-order valence-corrected chi connectivity index (χ3v) is 6.34. The minimum atomic E-state index is 0.345. The van der Waals surface area contributed by atoms with Gasteiger partial charge in [0.15, 0.2) is 0 Å². The van der Waals surface area contributed by atoms with E-state index in [1.807, 2.05) is 0 Å². The molecule has 1 amide bonds. The average molecular weight is 322 g/mol. The standard InChI is InChI=1S/C19H35N3O/c1-16-14-20(2)12-13-22(16)15-17-8-10-21(11-9-17)19(23)18-6-4-3-5-7-18/h16-18H,3-15H2,1-2H3. The average Bonchev–Trinajstić information content (AvgIpc) is 2.58. The summed E-state index contributed by atoms with van der Waals surface area (Å²) in [4.78, 5) is 19.9. The quantitative estimate of drug-likeness (QED) is 0.799. The largest absolute Gasteiger partial charge is 0.342 e. The Morgan fingerprint density at radius 1 is 0.957 bits per heavy atom. The number of amides is 1. The molecule has 2 saturated heterocycles. The van der Waals surface area contributed by atoms with Crippen LogP contribution >= 0.6 is 0 Å². The first kappa shape index (κ1) is 17.2. The molecule has 0 spiro atoms. The molecule has 1 saturated carbocycles. The second kappa shape index (κ2) is 7.98. The minimum Gasteiger partial charge on any atom is -0.342 e. The molecule has 1 aliphatic carbocycles. The Labute approximate surface area is 142 Å². The predicted octanol–water partition coefficient (Wildman–Crippen LogP) is 2.44. The van der Waals surface area contributed by atoms with E-state index in [0.717, 1.165) is 31.8 Å². The molecule has 1 unspecified atom stereocenters. The maximum atomic E-state index is 12.6. The Morgan fingerprint density at radius 2 is 1.65 bits per heavy atom. The van der Waals surface area contributed by atoms with Crippen molar-refractivity contribution in [1.82, 2.24) is 14.7 Å². The predicted molar refractivity (Wildman–Crippen MR) is 94.4 cm³/mol. The Balaban J connectivity index is 1.42. The van der Waals surface area contributed by atoms with Gasteiger partial charge in [-0.2, -0.15) is 0 Å². The highest BCUT2D eigenvalue weighted by Crippen LogP contribution is 2.28. The highest BCUT2D eigenvalue weighted by Gasteiger charge is 2.31. The van der Waals surface area contributed by atoms with Gasteiger partial charge in [0, 0.05) is 51.2 Å². The van der Waals surface area contributed by atoms with Gasteiger partial charge in [-0.3, -0.25) is 9.69 Å². The fraction of sp³-hybridized carbons (Fsp3) is 0.947.